The van der Waals surface area contributed by atoms with Gasteiger partial charge in [-0.15, -0.1) is 12.6 Å². The third-order valence-electron chi connectivity index (χ3n) is 1.00. The Morgan fingerprint density at radius 3 is 2.33 bits per heavy atom. The summed E-state index contributed by atoms with van der Waals surface area (Å²) in [6, 6.07) is 8.05. The molecule has 0 amide bonds. The predicted octanol–water partition coefficient (Wildman–Crippen LogP) is 1.64. The molecule has 9 heavy (non-hydrogen) atoms. The van der Waals surface area contributed by atoms with Gasteiger partial charge in [-0.25, -0.2) is 0 Å². The average molecular weight is 132 g/mol. The van der Waals surface area contributed by atoms with Crippen LogP contribution in [0, 0.1) is 6.92 Å². The molecule has 2 heteroatoms. The van der Waals surface area contributed by atoms with Crippen LogP contribution in [0.15, 0.2) is 29.2 Å². The summed E-state index contributed by atoms with van der Waals surface area (Å²) in [4.78, 5) is 1.03. The Hall–Kier alpha value is 0.167. The summed E-state index contributed by atoms with van der Waals surface area (Å²) in [6.45, 7) is 2.06. The van der Waals surface area contributed by atoms with Crippen molar-refractivity contribution in [1.82, 2.24) is 0 Å². The fourth-order valence-corrected chi connectivity index (χ4v) is 0.918. The van der Waals surface area contributed by atoms with Gasteiger partial charge in [0.15, 0.2) is 0 Å². The van der Waals surface area contributed by atoms with Crippen molar-refractivity contribution < 1.29 is 0 Å². The molecule has 0 heterocycles. The van der Waals surface area contributed by atoms with E-state index in [2.05, 4.69) is 25.6 Å². The van der Waals surface area contributed by atoms with E-state index < -0.39 is 0 Å². The molecule has 0 fully saturated rings. The topological polar surface area (TPSA) is 0 Å². The van der Waals surface area contributed by atoms with E-state index in [0.717, 1.165) is 4.90 Å². The van der Waals surface area contributed by atoms with Crippen LogP contribution in [0.1, 0.15) is 5.56 Å². The minimum absolute atomic E-state index is 0. The third-order valence-corrected chi connectivity index (χ3v) is 1.28. The first kappa shape index (κ1) is 9.17. The van der Waals surface area contributed by atoms with E-state index in [1.165, 1.54) is 5.56 Å². The van der Waals surface area contributed by atoms with Crippen LogP contribution in [0.25, 0.3) is 0 Å². The van der Waals surface area contributed by atoms with Crippen molar-refractivity contribution in [2.45, 2.75) is 11.8 Å². The molecule has 0 radical (unpaired) electrons. The minimum atomic E-state index is 0. The van der Waals surface area contributed by atoms with Gasteiger partial charge >= 0.3 is 18.9 Å². The fraction of sp³-hybridized carbons (Fsp3) is 0.143. The van der Waals surface area contributed by atoms with Crippen LogP contribution < -0.4 is 0 Å². The summed E-state index contributed by atoms with van der Waals surface area (Å²) in [5, 5.41) is 0. The zero-order valence-corrected chi connectivity index (χ0v) is 5.65. The first-order chi connectivity index (χ1) is 3.79. The number of rotatable bonds is 0. The first-order valence-electron chi connectivity index (χ1n) is 2.54. The van der Waals surface area contributed by atoms with E-state index >= 15 is 0 Å². The van der Waals surface area contributed by atoms with Crippen molar-refractivity contribution in [2.75, 3.05) is 0 Å². The number of benzene rings is 1. The van der Waals surface area contributed by atoms with E-state index in [1.54, 1.807) is 0 Å². The second-order valence-electron chi connectivity index (χ2n) is 1.84. The molecule has 0 atom stereocenters. The summed E-state index contributed by atoms with van der Waals surface area (Å²) in [5.41, 5.74) is 1.26. The molecule has 0 bridgehead atoms. The van der Waals surface area contributed by atoms with Gasteiger partial charge in [-0.05, 0) is 19.1 Å². The number of aryl methyl sites for hydroxylation is 1. The molecule has 0 spiro atoms. The molecule has 0 nitrogen and oxygen atoms in total. The van der Waals surface area contributed by atoms with Gasteiger partial charge < -0.3 is 0 Å². The van der Waals surface area contributed by atoms with E-state index in [0.29, 0.717) is 0 Å². The van der Waals surface area contributed by atoms with Crippen molar-refractivity contribution >= 4 is 31.5 Å². The summed E-state index contributed by atoms with van der Waals surface area (Å²) in [5.74, 6) is 0. The fourth-order valence-electron chi connectivity index (χ4n) is 0.628. The zero-order chi connectivity index (χ0) is 5.98. The third kappa shape index (κ3) is 3.01. The Bertz CT molecular complexity index is 169. The van der Waals surface area contributed by atoms with Crippen molar-refractivity contribution in [1.29, 1.82) is 0 Å². The molecule has 1 rings (SSSR count). The van der Waals surface area contributed by atoms with Crippen molar-refractivity contribution in [3.8, 4) is 0 Å². The average Bonchev–Trinajstić information content (AvgIpc) is 1.64. The van der Waals surface area contributed by atoms with Gasteiger partial charge in [0.1, 0.15) is 0 Å². The van der Waals surface area contributed by atoms with E-state index in [4.69, 9.17) is 0 Å². The quantitative estimate of drug-likeness (QED) is 0.402. The SMILES string of the molecule is Cc1cccc(S)c1.[LiH]. The van der Waals surface area contributed by atoms with E-state index in [1.807, 2.05) is 18.2 Å². The Balaban J connectivity index is 0.000000640. The maximum atomic E-state index is 4.15. The Labute approximate surface area is 73.2 Å². The summed E-state index contributed by atoms with van der Waals surface area (Å²) < 4.78 is 0. The van der Waals surface area contributed by atoms with Gasteiger partial charge in [0.05, 0.1) is 0 Å². The van der Waals surface area contributed by atoms with Gasteiger partial charge in [0.25, 0.3) is 0 Å². The van der Waals surface area contributed by atoms with E-state index in [-0.39, 0.29) is 18.9 Å². The van der Waals surface area contributed by atoms with Crippen LogP contribution in [0.4, 0.5) is 0 Å². The number of hydrogen-bond acceptors (Lipinski definition) is 1. The molecule has 44 valence electrons. The van der Waals surface area contributed by atoms with Crippen molar-refractivity contribution in [2.24, 2.45) is 0 Å². The molecule has 0 aromatic heterocycles. The van der Waals surface area contributed by atoms with Crippen LogP contribution in [-0.4, -0.2) is 18.9 Å². The second kappa shape index (κ2) is 4.06. The van der Waals surface area contributed by atoms with Gasteiger partial charge in [-0.1, -0.05) is 17.7 Å². The molecule has 0 N–H and O–H groups in total. The van der Waals surface area contributed by atoms with Crippen LogP contribution in [0.3, 0.4) is 0 Å². The van der Waals surface area contributed by atoms with Gasteiger partial charge in [0.2, 0.25) is 0 Å². The maximum absolute atomic E-state index is 4.15. The van der Waals surface area contributed by atoms with Crippen LogP contribution in [-0.2, 0) is 0 Å². The van der Waals surface area contributed by atoms with Gasteiger partial charge in [-0.2, -0.15) is 0 Å². The van der Waals surface area contributed by atoms with E-state index in [9.17, 15) is 0 Å². The molecular formula is C7H9LiS. The van der Waals surface area contributed by atoms with Gasteiger partial charge in [-0.3, -0.25) is 0 Å². The van der Waals surface area contributed by atoms with Crippen LogP contribution >= 0.6 is 12.6 Å². The Morgan fingerprint density at radius 2 is 2.00 bits per heavy atom. The molecule has 0 saturated heterocycles. The van der Waals surface area contributed by atoms with Gasteiger partial charge in [0, 0.05) is 4.90 Å². The second-order valence-corrected chi connectivity index (χ2v) is 2.36. The van der Waals surface area contributed by atoms with Crippen LogP contribution in [0.2, 0.25) is 0 Å². The summed E-state index contributed by atoms with van der Waals surface area (Å²) >= 11 is 4.15. The van der Waals surface area contributed by atoms with Crippen molar-refractivity contribution in [3.63, 3.8) is 0 Å². The van der Waals surface area contributed by atoms with Crippen molar-refractivity contribution in [3.05, 3.63) is 29.8 Å². The molecule has 1 aromatic carbocycles. The Morgan fingerprint density at radius 1 is 1.33 bits per heavy atom. The van der Waals surface area contributed by atoms with Crippen LogP contribution in [0.5, 0.6) is 0 Å². The molecule has 1 aromatic rings. The summed E-state index contributed by atoms with van der Waals surface area (Å²) in [7, 11) is 0. The predicted molar refractivity (Wildman–Crippen MR) is 45.6 cm³/mol. The Kier molecular flexibility index (Phi) is 4.13. The molecule has 0 aliphatic carbocycles. The standard InChI is InChI=1S/C7H8S.Li.H/c1-6-3-2-4-7(8)5-6;;/h2-5,8H,1H3;;. The number of thiol groups is 1. The zero-order valence-electron chi connectivity index (χ0n) is 4.76. The normalized spacial score (nSPS) is 8.22. The molecule has 0 unspecified atom stereocenters. The first-order valence-corrected chi connectivity index (χ1v) is 2.99. The summed E-state index contributed by atoms with van der Waals surface area (Å²) in [6.07, 6.45) is 0. The molecule has 0 aliphatic heterocycles. The molecule has 0 saturated carbocycles. The molecule has 0 aliphatic rings. The number of hydrogen-bond donors (Lipinski definition) is 1. The molecular weight excluding hydrogens is 123 g/mol. The monoisotopic (exact) mass is 132 g/mol.